The van der Waals surface area contributed by atoms with Crippen LogP contribution in [-0.4, -0.2) is 31.2 Å². The molecule has 0 bridgehead atoms. The average molecular weight is 171 g/mol. The lowest BCUT2D eigenvalue weighted by Crippen LogP contribution is -2.47. The third-order valence-corrected chi connectivity index (χ3v) is 3.56. The Kier molecular flexibility index (Phi) is 2.35. The topological polar surface area (TPSA) is 3.24 Å². The van der Waals surface area contributed by atoms with E-state index in [1.807, 2.05) is 0 Å². The molecule has 0 aromatic rings. The molecule has 2 heteroatoms. The minimum absolute atomic E-state index is 0.171. The first-order valence-corrected chi connectivity index (χ1v) is 5.13. The maximum absolute atomic E-state index is 12.1. The highest BCUT2D eigenvalue weighted by molar-refractivity contribution is 4.93. The Labute approximate surface area is 73.9 Å². The van der Waals surface area contributed by atoms with Crippen molar-refractivity contribution in [2.24, 2.45) is 5.41 Å². The molecule has 2 aliphatic rings. The van der Waals surface area contributed by atoms with E-state index in [2.05, 4.69) is 4.90 Å². The Morgan fingerprint density at radius 3 is 2.50 bits per heavy atom. The molecule has 0 unspecified atom stereocenters. The van der Waals surface area contributed by atoms with Crippen molar-refractivity contribution < 1.29 is 4.39 Å². The van der Waals surface area contributed by atoms with E-state index in [9.17, 15) is 4.39 Å². The summed E-state index contributed by atoms with van der Waals surface area (Å²) in [7, 11) is 0. The molecule has 2 fully saturated rings. The van der Waals surface area contributed by atoms with Gasteiger partial charge in [-0.2, -0.15) is 0 Å². The van der Waals surface area contributed by atoms with Crippen molar-refractivity contribution >= 4 is 0 Å². The minimum Gasteiger partial charge on any atom is -0.300 e. The number of hydrogen-bond donors (Lipinski definition) is 0. The van der Waals surface area contributed by atoms with Gasteiger partial charge >= 0.3 is 0 Å². The van der Waals surface area contributed by atoms with E-state index >= 15 is 0 Å². The Morgan fingerprint density at radius 2 is 1.92 bits per heavy atom. The Hall–Kier alpha value is -0.110. The quantitative estimate of drug-likeness (QED) is 0.615. The summed E-state index contributed by atoms with van der Waals surface area (Å²) in [4.78, 5) is 2.31. The second-order valence-corrected chi connectivity index (χ2v) is 4.42. The van der Waals surface area contributed by atoms with E-state index in [4.69, 9.17) is 0 Å². The van der Waals surface area contributed by atoms with Gasteiger partial charge in [-0.3, -0.25) is 0 Å². The lowest BCUT2D eigenvalue weighted by atomic mass is 9.64. The molecule has 0 N–H and O–H groups in total. The molecule has 1 spiro atoms. The molecule has 70 valence electrons. The second kappa shape index (κ2) is 3.33. The van der Waals surface area contributed by atoms with E-state index in [-0.39, 0.29) is 6.67 Å². The number of likely N-dealkylation sites (tertiary alicyclic amines) is 1. The lowest BCUT2D eigenvalue weighted by molar-refractivity contribution is 0.0181. The van der Waals surface area contributed by atoms with Gasteiger partial charge in [0.1, 0.15) is 6.67 Å². The van der Waals surface area contributed by atoms with Crippen LogP contribution in [0.5, 0.6) is 0 Å². The molecule has 1 heterocycles. The Balaban J connectivity index is 1.85. The van der Waals surface area contributed by atoms with Crippen LogP contribution >= 0.6 is 0 Å². The van der Waals surface area contributed by atoms with Crippen LogP contribution in [0.4, 0.5) is 4.39 Å². The van der Waals surface area contributed by atoms with Gasteiger partial charge in [-0.25, -0.2) is 4.39 Å². The van der Waals surface area contributed by atoms with Crippen LogP contribution in [0.25, 0.3) is 0 Å². The molecule has 1 nitrogen and oxygen atoms in total. The fraction of sp³-hybridized carbons (Fsp3) is 1.00. The summed E-state index contributed by atoms with van der Waals surface area (Å²) in [6.07, 6.45) is 6.89. The summed E-state index contributed by atoms with van der Waals surface area (Å²) in [5, 5.41) is 0. The van der Waals surface area contributed by atoms with E-state index < -0.39 is 0 Å². The first-order valence-electron chi connectivity index (χ1n) is 5.13. The van der Waals surface area contributed by atoms with Gasteiger partial charge in [0.25, 0.3) is 0 Å². The van der Waals surface area contributed by atoms with Crippen molar-refractivity contribution in [2.45, 2.75) is 32.1 Å². The zero-order valence-corrected chi connectivity index (χ0v) is 7.69. The SMILES string of the molecule is FCCN1CCCC2(CCC2)C1. The van der Waals surface area contributed by atoms with Crippen LogP contribution in [0, 0.1) is 5.41 Å². The van der Waals surface area contributed by atoms with Crippen LogP contribution in [0.15, 0.2) is 0 Å². The van der Waals surface area contributed by atoms with Crippen LogP contribution in [-0.2, 0) is 0 Å². The van der Waals surface area contributed by atoms with Gasteiger partial charge in [0, 0.05) is 13.1 Å². The highest BCUT2D eigenvalue weighted by Gasteiger charge is 2.39. The molecule has 1 saturated carbocycles. The molecule has 0 radical (unpaired) electrons. The second-order valence-electron chi connectivity index (χ2n) is 4.42. The van der Waals surface area contributed by atoms with Crippen molar-refractivity contribution in [3.63, 3.8) is 0 Å². The predicted octanol–water partition coefficient (Wildman–Crippen LogP) is 2.22. The predicted molar refractivity (Wildman–Crippen MR) is 47.9 cm³/mol. The first-order chi connectivity index (χ1) is 5.85. The summed E-state index contributed by atoms with van der Waals surface area (Å²) in [5.41, 5.74) is 0.632. The summed E-state index contributed by atoms with van der Waals surface area (Å²) in [6.45, 7) is 2.81. The van der Waals surface area contributed by atoms with Crippen molar-refractivity contribution in [1.82, 2.24) is 4.90 Å². The lowest BCUT2D eigenvalue weighted by Gasteiger charge is -2.48. The summed E-state index contributed by atoms with van der Waals surface area (Å²) in [6, 6.07) is 0. The molecule has 0 aromatic heterocycles. The standard InChI is InChI=1S/C10H18FN/c11-6-8-12-7-2-5-10(9-12)3-1-4-10/h1-9H2. The molecule has 1 aliphatic heterocycles. The van der Waals surface area contributed by atoms with Crippen molar-refractivity contribution in [1.29, 1.82) is 0 Å². The van der Waals surface area contributed by atoms with E-state index in [1.165, 1.54) is 38.6 Å². The van der Waals surface area contributed by atoms with Crippen LogP contribution in [0.2, 0.25) is 0 Å². The largest absolute Gasteiger partial charge is 0.300 e. The Bertz CT molecular complexity index is 152. The summed E-state index contributed by atoms with van der Waals surface area (Å²) >= 11 is 0. The minimum atomic E-state index is -0.171. The van der Waals surface area contributed by atoms with Gasteiger partial charge in [0.05, 0.1) is 0 Å². The van der Waals surface area contributed by atoms with E-state index in [0.29, 0.717) is 12.0 Å². The van der Waals surface area contributed by atoms with Gasteiger partial charge in [0.2, 0.25) is 0 Å². The Morgan fingerprint density at radius 1 is 1.17 bits per heavy atom. The fourth-order valence-electron chi connectivity index (χ4n) is 2.71. The third-order valence-electron chi connectivity index (χ3n) is 3.56. The number of piperidine rings is 1. The molecule has 1 saturated heterocycles. The van der Waals surface area contributed by atoms with Crippen molar-refractivity contribution in [2.75, 3.05) is 26.3 Å². The van der Waals surface area contributed by atoms with Gasteiger partial charge in [0.15, 0.2) is 0 Å². The number of halogens is 1. The van der Waals surface area contributed by atoms with Gasteiger partial charge in [-0.15, -0.1) is 0 Å². The average Bonchev–Trinajstić information content (AvgIpc) is 2.03. The number of alkyl halides is 1. The molecular weight excluding hydrogens is 153 g/mol. The molecule has 1 aliphatic carbocycles. The smallest absolute Gasteiger partial charge is 0.102 e. The highest BCUT2D eigenvalue weighted by atomic mass is 19.1. The summed E-state index contributed by atoms with van der Waals surface area (Å²) < 4.78 is 12.1. The third kappa shape index (κ3) is 1.49. The number of hydrogen-bond acceptors (Lipinski definition) is 1. The molecule has 0 amide bonds. The van der Waals surface area contributed by atoms with Crippen molar-refractivity contribution in [3.8, 4) is 0 Å². The first kappa shape index (κ1) is 8.49. The molecule has 12 heavy (non-hydrogen) atoms. The molecule has 0 atom stereocenters. The highest BCUT2D eigenvalue weighted by Crippen LogP contribution is 2.47. The fourth-order valence-corrected chi connectivity index (χ4v) is 2.71. The summed E-state index contributed by atoms with van der Waals surface area (Å²) in [5.74, 6) is 0. The van der Waals surface area contributed by atoms with E-state index in [1.54, 1.807) is 0 Å². The molecule has 0 aromatic carbocycles. The molecule has 2 rings (SSSR count). The maximum atomic E-state index is 12.1. The molecular formula is C10H18FN. The van der Waals surface area contributed by atoms with E-state index in [0.717, 1.165) is 6.54 Å². The monoisotopic (exact) mass is 171 g/mol. The zero-order valence-electron chi connectivity index (χ0n) is 7.69. The van der Waals surface area contributed by atoms with Crippen LogP contribution in [0.3, 0.4) is 0 Å². The van der Waals surface area contributed by atoms with Crippen LogP contribution in [0.1, 0.15) is 32.1 Å². The number of rotatable bonds is 2. The van der Waals surface area contributed by atoms with Crippen molar-refractivity contribution in [3.05, 3.63) is 0 Å². The van der Waals surface area contributed by atoms with Gasteiger partial charge in [-0.1, -0.05) is 6.42 Å². The van der Waals surface area contributed by atoms with Gasteiger partial charge in [-0.05, 0) is 37.6 Å². The number of nitrogens with zero attached hydrogens (tertiary/aromatic N) is 1. The van der Waals surface area contributed by atoms with Gasteiger partial charge < -0.3 is 4.90 Å². The zero-order chi connectivity index (χ0) is 8.44. The van der Waals surface area contributed by atoms with Crippen LogP contribution < -0.4 is 0 Å². The normalized spacial score (nSPS) is 28.8. The maximum Gasteiger partial charge on any atom is 0.102 e.